The Labute approximate surface area is 136 Å². The first-order valence-electron chi connectivity index (χ1n) is 8.09. The molecule has 1 fully saturated rings. The largest absolute Gasteiger partial charge is 0.489 e. The molecule has 1 aromatic carbocycles. The Kier molecular flexibility index (Phi) is 4.41. The van der Waals surface area contributed by atoms with E-state index in [1.54, 1.807) is 11.8 Å². The van der Waals surface area contributed by atoms with Crippen molar-refractivity contribution in [2.45, 2.75) is 19.8 Å². The van der Waals surface area contributed by atoms with E-state index in [-0.39, 0.29) is 17.7 Å². The lowest BCUT2D eigenvalue weighted by atomic mass is 9.96. The number of fused-ring (bicyclic) bond motifs is 1. The molecule has 0 unspecified atom stereocenters. The van der Waals surface area contributed by atoms with Gasteiger partial charge < -0.3 is 19.9 Å². The van der Waals surface area contributed by atoms with Crippen molar-refractivity contribution in [3.63, 3.8) is 0 Å². The molecule has 1 saturated heterocycles. The molecule has 0 bridgehead atoms. The Bertz CT molecular complexity index is 609. The van der Waals surface area contributed by atoms with E-state index in [9.17, 15) is 9.59 Å². The van der Waals surface area contributed by atoms with Crippen molar-refractivity contribution >= 4 is 23.2 Å². The summed E-state index contributed by atoms with van der Waals surface area (Å²) in [6.07, 6.45) is 1.44. The van der Waals surface area contributed by atoms with Crippen LogP contribution < -0.4 is 15.0 Å². The maximum atomic E-state index is 12.4. The van der Waals surface area contributed by atoms with Crippen LogP contribution in [0.1, 0.15) is 19.8 Å². The van der Waals surface area contributed by atoms with Crippen LogP contribution in [-0.2, 0) is 9.59 Å². The number of carbonyl (C=O) groups is 2. The fourth-order valence-corrected chi connectivity index (χ4v) is 3.14. The van der Waals surface area contributed by atoms with Gasteiger partial charge in [-0.3, -0.25) is 9.59 Å². The van der Waals surface area contributed by atoms with Crippen LogP contribution in [0.5, 0.6) is 5.75 Å². The van der Waals surface area contributed by atoms with E-state index in [4.69, 9.17) is 4.74 Å². The number of ether oxygens (including phenoxy) is 1. The van der Waals surface area contributed by atoms with Gasteiger partial charge in [0.2, 0.25) is 11.8 Å². The zero-order valence-corrected chi connectivity index (χ0v) is 13.7. The summed E-state index contributed by atoms with van der Waals surface area (Å²) in [7, 11) is 2.03. The minimum atomic E-state index is -0.0368. The summed E-state index contributed by atoms with van der Waals surface area (Å²) < 4.78 is 5.66. The van der Waals surface area contributed by atoms with Gasteiger partial charge in [0.15, 0.2) is 0 Å². The Balaban J connectivity index is 1.61. The van der Waals surface area contributed by atoms with Crippen LogP contribution in [0.25, 0.3) is 0 Å². The van der Waals surface area contributed by atoms with Gasteiger partial charge in [0.1, 0.15) is 12.4 Å². The molecule has 6 heteroatoms. The van der Waals surface area contributed by atoms with Gasteiger partial charge in [-0.1, -0.05) is 0 Å². The van der Waals surface area contributed by atoms with Crippen LogP contribution >= 0.6 is 0 Å². The molecule has 0 aliphatic carbocycles. The number of nitrogens with zero attached hydrogens (tertiary/aromatic N) is 2. The zero-order valence-electron chi connectivity index (χ0n) is 13.7. The summed E-state index contributed by atoms with van der Waals surface area (Å²) >= 11 is 0. The zero-order chi connectivity index (χ0) is 16.4. The van der Waals surface area contributed by atoms with Gasteiger partial charge in [0.25, 0.3) is 0 Å². The molecule has 6 nitrogen and oxygen atoms in total. The fourth-order valence-electron chi connectivity index (χ4n) is 3.14. The van der Waals surface area contributed by atoms with Crippen molar-refractivity contribution in [3.8, 4) is 5.75 Å². The van der Waals surface area contributed by atoms with Crippen molar-refractivity contribution < 1.29 is 14.3 Å². The molecule has 0 atom stereocenters. The molecule has 2 heterocycles. The van der Waals surface area contributed by atoms with Crippen molar-refractivity contribution in [1.29, 1.82) is 0 Å². The third-order valence-electron chi connectivity index (χ3n) is 4.63. The normalized spacial score (nSPS) is 18.2. The number of benzene rings is 1. The molecular weight excluding hydrogens is 294 g/mol. The van der Waals surface area contributed by atoms with Gasteiger partial charge in [-0.05, 0) is 25.0 Å². The summed E-state index contributed by atoms with van der Waals surface area (Å²) in [5, 5.41) is 2.98. The van der Waals surface area contributed by atoms with E-state index < -0.39 is 0 Å². The summed E-state index contributed by atoms with van der Waals surface area (Å²) in [5.41, 5.74) is 1.81. The summed E-state index contributed by atoms with van der Waals surface area (Å²) in [6, 6.07) is 5.77. The van der Waals surface area contributed by atoms with Gasteiger partial charge >= 0.3 is 0 Å². The van der Waals surface area contributed by atoms with Gasteiger partial charge in [0.05, 0.1) is 12.2 Å². The number of hydrogen-bond donors (Lipinski definition) is 1. The lowest BCUT2D eigenvalue weighted by Gasteiger charge is -2.31. The van der Waals surface area contributed by atoms with E-state index >= 15 is 0 Å². The van der Waals surface area contributed by atoms with Crippen LogP contribution in [0, 0.1) is 5.92 Å². The second-order valence-corrected chi connectivity index (χ2v) is 6.22. The first-order valence-corrected chi connectivity index (χ1v) is 8.09. The highest BCUT2D eigenvalue weighted by Gasteiger charge is 2.26. The highest BCUT2D eigenvalue weighted by atomic mass is 16.5. The number of hydrogen-bond acceptors (Lipinski definition) is 4. The first-order chi connectivity index (χ1) is 11.0. The molecule has 0 aromatic heterocycles. The quantitative estimate of drug-likeness (QED) is 0.902. The lowest BCUT2D eigenvalue weighted by Crippen LogP contribution is -2.40. The molecule has 23 heavy (non-hydrogen) atoms. The lowest BCUT2D eigenvalue weighted by molar-refractivity contribution is -0.132. The van der Waals surface area contributed by atoms with Crippen molar-refractivity contribution in [1.82, 2.24) is 4.90 Å². The average Bonchev–Trinajstić information content (AvgIpc) is 2.55. The summed E-state index contributed by atoms with van der Waals surface area (Å²) in [6.45, 7) is 4.42. The van der Waals surface area contributed by atoms with Crippen LogP contribution in [0.4, 0.5) is 11.4 Å². The molecule has 0 radical (unpaired) electrons. The summed E-state index contributed by atoms with van der Waals surface area (Å²) in [5.74, 6) is 0.880. The molecular formula is C17H23N3O3. The van der Waals surface area contributed by atoms with Crippen molar-refractivity contribution in [2.24, 2.45) is 5.92 Å². The third-order valence-corrected chi connectivity index (χ3v) is 4.63. The molecule has 3 rings (SSSR count). The molecule has 2 amide bonds. The monoisotopic (exact) mass is 317 g/mol. The Morgan fingerprint density at radius 2 is 1.96 bits per heavy atom. The van der Waals surface area contributed by atoms with E-state index in [1.165, 1.54) is 0 Å². The number of rotatable bonds is 2. The highest BCUT2D eigenvalue weighted by molar-refractivity contribution is 5.93. The minimum absolute atomic E-state index is 0.0253. The maximum Gasteiger partial charge on any atom is 0.227 e. The predicted molar refractivity (Wildman–Crippen MR) is 88.8 cm³/mol. The number of amides is 2. The van der Waals surface area contributed by atoms with Gasteiger partial charge in [0, 0.05) is 44.7 Å². The predicted octanol–water partition coefficient (Wildman–Crippen LogP) is 1.71. The van der Waals surface area contributed by atoms with E-state index in [0.717, 1.165) is 36.5 Å². The maximum absolute atomic E-state index is 12.4. The Morgan fingerprint density at radius 1 is 1.22 bits per heavy atom. The molecule has 0 saturated carbocycles. The van der Waals surface area contributed by atoms with Crippen LogP contribution in [0.2, 0.25) is 0 Å². The van der Waals surface area contributed by atoms with Gasteiger partial charge in [-0.25, -0.2) is 0 Å². The molecule has 1 aromatic rings. The number of likely N-dealkylation sites (N-methyl/N-ethyl adjacent to an activating group) is 1. The minimum Gasteiger partial charge on any atom is -0.489 e. The Hall–Kier alpha value is -2.24. The summed E-state index contributed by atoms with van der Waals surface area (Å²) in [4.78, 5) is 27.7. The molecule has 2 aliphatic heterocycles. The Morgan fingerprint density at radius 3 is 2.65 bits per heavy atom. The standard InChI is InChI=1S/C17H23N3O3/c1-12(21)20-7-5-13(6-8-20)17(22)18-14-3-4-15-16(11-14)23-10-9-19(15)2/h3-4,11,13H,5-10H2,1-2H3,(H,18,22). The molecule has 1 N–H and O–H groups in total. The number of carbonyl (C=O) groups excluding carboxylic acids is 2. The highest BCUT2D eigenvalue weighted by Crippen LogP contribution is 2.33. The van der Waals surface area contributed by atoms with Crippen LogP contribution in [0.3, 0.4) is 0 Å². The number of piperidine rings is 1. The molecule has 0 spiro atoms. The molecule has 2 aliphatic rings. The van der Waals surface area contributed by atoms with E-state index in [0.29, 0.717) is 19.7 Å². The number of anilines is 2. The number of likely N-dealkylation sites (tertiary alicyclic amines) is 1. The van der Waals surface area contributed by atoms with E-state index in [1.807, 2.05) is 25.2 Å². The first kappa shape index (κ1) is 15.6. The average molecular weight is 317 g/mol. The third kappa shape index (κ3) is 3.41. The molecule has 124 valence electrons. The second-order valence-electron chi connectivity index (χ2n) is 6.22. The van der Waals surface area contributed by atoms with Gasteiger partial charge in [-0.15, -0.1) is 0 Å². The van der Waals surface area contributed by atoms with Crippen molar-refractivity contribution in [2.75, 3.05) is 43.5 Å². The smallest absolute Gasteiger partial charge is 0.227 e. The van der Waals surface area contributed by atoms with E-state index in [2.05, 4.69) is 10.2 Å². The topological polar surface area (TPSA) is 61.9 Å². The SMILES string of the molecule is CC(=O)N1CCC(C(=O)Nc2ccc3c(c2)OCCN3C)CC1. The second kappa shape index (κ2) is 6.48. The van der Waals surface area contributed by atoms with Crippen molar-refractivity contribution in [3.05, 3.63) is 18.2 Å². The van der Waals surface area contributed by atoms with Gasteiger partial charge in [-0.2, -0.15) is 0 Å². The fraction of sp³-hybridized carbons (Fsp3) is 0.529. The number of nitrogens with one attached hydrogen (secondary N) is 1. The van der Waals surface area contributed by atoms with Crippen LogP contribution in [-0.4, -0.2) is 50.0 Å². The van der Waals surface area contributed by atoms with Crippen LogP contribution in [0.15, 0.2) is 18.2 Å².